The van der Waals surface area contributed by atoms with Gasteiger partial charge in [-0.2, -0.15) is 15.0 Å². The summed E-state index contributed by atoms with van der Waals surface area (Å²) in [5.41, 5.74) is 5.67. The molecule has 0 aromatic carbocycles. The first kappa shape index (κ1) is 13.8. The van der Waals surface area contributed by atoms with Gasteiger partial charge in [0.15, 0.2) is 0 Å². The lowest BCUT2D eigenvalue weighted by Crippen LogP contribution is -2.43. The van der Waals surface area contributed by atoms with E-state index in [4.69, 9.17) is 10.5 Å². The lowest BCUT2D eigenvalue weighted by atomic mass is 9.96. The highest BCUT2D eigenvalue weighted by Gasteiger charge is 2.26. The summed E-state index contributed by atoms with van der Waals surface area (Å²) in [6, 6.07) is 0.248. The molecular formula is C12H21N5O2. The highest BCUT2D eigenvalue weighted by atomic mass is 16.5. The van der Waals surface area contributed by atoms with E-state index in [0.717, 1.165) is 19.4 Å². The van der Waals surface area contributed by atoms with Gasteiger partial charge in [0, 0.05) is 13.1 Å². The van der Waals surface area contributed by atoms with E-state index in [-0.39, 0.29) is 18.1 Å². The van der Waals surface area contributed by atoms with Gasteiger partial charge in [-0.1, -0.05) is 13.8 Å². The molecule has 1 aromatic rings. The Hall–Kier alpha value is -1.63. The number of aromatic nitrogens is 3. The van der Waals surface area contributed by atoms with E-state index in [1.165, 1.54) is 0 Å². The predicted octanol–water partition coefficient (Wildman–Crippen LogP) is 0.450. The van der Waals surface area contributed by atoms with E-state index >= 15 is 0 Å². The van der Waals surface area contributed by atoms with E-state index in [1.54, 1.807) is 0 Å². The second-order valence-electron chi connectivity index (χ2n) is 4.90. The molecule has 2 unspecified atom stereocenters. The first-order valence-corrected chi connectivity index (χ1v) is 6.67. The maximum Gasteiger partial charge on any atom is 0.323 e. The van der Waals surface area contributed by atoms with Gasteiger partial charge in [0.2, 0.25) is 11.9 Å². The number of nitrogens with two attached hydrogens (primary N) is 1. The molecule has 1 fully saturated rings. The van der Waals surface area contributed by atoms with Crippen molar-refractivity contribution in [1.82, 2.24) is 15.0 Å². The Morgan fingerprint density at radius 1 is 1.42 bits per heavy atom. The van der Waals surface area contributed by atoms with Crippen molar-refractivity contribution in [2.24, 2.45) is 5.92 Å². The third-order valence-electron chi connectivity index (χ3n) is 3.26. The average Bonchev–Trinajstić information content (AvgIpc) is 2.39. The van der Waals surface area contributed by atoms with Crippen LogP contribution in [0.4, 0.5) is 11.9 Å². The van der Waals surface area contributed by atoms with Crippen LogP contribution in [0.2, 0.25) is 0 Å². The summed E-state index contributed by atoms with van der Waals surface area (Å²) in [7, 11) is 0. The zero-order valence-corrected chi connectivity index (χ0v) is 11.4. The highest BCUT2D eigenvalue weighted by Crippen LogP contribution is 2.22. The Labute approximate surface area is 112 Å². The SMILES string of the molecule is CCCOc1nc(N)nc(N2CCC(C)C(O)C2)n1. The molecule has 1 aliphatic heterocycles. The second-order valence-corrected chi connectivity index (χ2v) is 4.90. The molecule has 0 saturated carbocycles. The first-order valence-electron chi connectivity index (χ1n) is 6.67. The van der Waals surface area contributed by atoms with E-state index in [9.17, 15) is 5.11 Å². The van der Waals surface area contributed by atoms with Crippen LogP contribution in [0.1, 0.15) is 26.7 Å². The van der Waals surface area contributed by atoms with Crippen LogP contribution in [-0.4, -0.2) is 45.9 Å². The Bertz CT molecular complexity index is 429. The van der Waals surface area contributed by atoms with Gasteiger partial charge in [-0.25, -0.2) is 0 Å². The largest absolute Gasteiger partial charge is 0.463 e. The molecule has 2 atom stereocenters. The molecule has 19 heavy (non-hydrogen) atoms. The zero-order chi connectivity index (χ0) is 13.8. The number of hydrogen-bond donors (Lipinski definition) is 2. The number of ether oxygens (including phenoxy) is 1. The number of aliphatic hydroxyl groups excluding tert-OH is 1. The van der Waals surface area contributed by atoms with Crippen molar-refractivity contribution < 1.29 is 9.84 Å². The maximum absolute atomic E-state index is 9.91. The number of nitrogens with zero attached hydrogens (tertiary/aromatic N) is 4. The van der Waals surface area contributed by atoms with Crippen LogP contribution >= 0.6 is 0 Å². The van der Waals surface area contributed by atoms with Crippen molar-refractivity contribution in [3.8, 4) is 6.01 Å². The number of rotatable bonds is 4. The van der Waals surface area contributed by atoms with Crippen LogP contribution in [-0.2, 0) is 0 Å². The number of hydrogen-bond acceptors (Lipinski definition) is 7. The summed E-state index contributed by atoms with van der Waals surface area (Å²) in [6.45, 7) is 5.91. The zero-order valence-electron chi connectivity index (χ0n) is 11.4. The van der Waals surface area contributed by atoms with Crippen molar-refractivity contribution in [2.45, 2.75) is 32.8 Å². The van der Waals surface area contributed by atoms with Crippen molar-refractivity contribution >= 4 is 11.9 Å². The fraction of sp³-hybridized carbons (Fsp3) is 0.750. The molecule has 1 aliphatic rings. The van der Waals surface area contributed by atoms with Gasteiger partial charge in [0.05, 0.1) is 12.7 Å². The normalized spacial score (nSPS) is 23.4. The molecule has 0 amide bonds. The minimum Gasteiger partial charge on any atom is -0.463 e. The lowest BCUT2D eigenvalue weighted by Gasteiger charge is -2.34. The summed E-state index contributed by atoms with van der Waals surface area (Å²) in [5, 5.41) is 9.91. The third kappa shape index (κ3) is 3.44. The summed E-state index contributed by atoms with van der Waals surface area (Å²) < 4.78 is 5.38. The van der Waals surface area contributed by atoms with Gasteiger partial charge in [0.1, 0.15) is 0 Å². The molecule has 2 heterocycles. The summed E-state index contributed by atoms with van der Waals surface area (Å²) >= 11 is 0. The second kappa shape index (κ2) is 6.01. The van der Waals surface area contributed by atoms with Crippen molar-refractivity contribution in [3.05, 3.63) is 0 Å². The van der Waals surface area contributed by atoms with Crippen molar-refractivity contribution in [2.75, 3.05) is 30.3 Å². The lowest BCUT2D eigenvalue weighted by molar-refractivity contribution is 0.102. The molecule has 1 aromatic heterocycles. The third-order valence-corrected chi connectivity index (χ3v) is 3.26. The smallest absolute Gasteiger partial charge is 0.323 e. The molecule has 3 N–H and O–H groups in total. The van der Waals surface area contributed by atoms with Gasteiger partial charge >= 0.3 is 6.01 Å². The van der Waals surface area contributed by atoms with Crippen LogP contribution in [0, 0.1) is 5.92 Å². The molecule has 0 aliphatic carbocycles. The predicted molar refractivity (Wildman–Crippen MR) is 72.0 cm³/mol. The van der Waals surface area contributed by atoms with Gasteiger partial charge in [0.25, 0.3) is 0 Å². The molecule has 1 saturated heterocycles. The van der Waals surface area contributed by atoms with Crippen LogP contribution in [0.5, 0.6) is 6.01 Å². The molecular weight excluding hydrogens is 246 g/mol. The van der Waals surface area contributed by atoms with Gasteiger partial charge in [-0.3, -0.25) is 0 Å². The minimum atomic E-state index is -0.369. The van der Waals surface area contributed by atoms with Crippen molar-refractivity contribution in [3.63, 3.8) is 0 Å². The van der Waals surface area contributed by atoms with Crippen LogP contribution in [0.15, 0.2) is 0 Å². The van der Waals surface area contributed by atoms with Crippen molar-refractivity contribution in [1.29, 1.82) is 0 Å². The molecule has 0 bridgehead atoms. The van der Waals surface area contributed by atoms with Gasteiger partial charge in [-0.05, 0) is 18.8 Å². The topological polar surface area (TPSA) is 97.4 Å². The quantitative estimate of drug-likeness (QED) is 0.817. The molecule has 106 valence electrons. The summed E-state index contributed by atoms with van der Waals surface area (Å²) in [4.78, 5) is 14.2. The van der Waals surface area contributed by atoms with Gasteiger partial charge in [-0.15, -0.1) is 0 Å². The van der Waals surface area contributed by atoms with Crippen LogP contribution < -0.4 is 15.4 Å². The first-order chi connectivity index (χ1) is 9.10. The fourth-order valence-electron chi connectivity index (χ4n) is 1.99. The Morgan fingerprint density at radius 2 is 2.21 bits per heavy atom. The summed E-state index contributed by atoms with van der Waals surface area (Å²) in [6.07, 6.45) is 1.41. The van der Waals surface area contributed by atoms with Crippen LogP contribution in [0.25, 0.3) is 0 Å². The maximum atomic E-state index is 9.91. The standard InChI is InChI=1S/C12H21N5O2/c1-3-6-19-12-15-10(13)14-11(16-12)17-5-4-8(2)9(18)7-17/h8-9,18H,3-7H2,1-2H3,(H2,13,14,15,16). The van der Waals surface area contributed by atoms with E-state index < -0.39 is 0 Å². The number of β-amino-alcohol motifs (C(OH)–C–C–N with tert-alkyl or cyclic N) is 1. The number of anilines is 2. The van der Waals surface area contributed by atoms with Gasteiger partial charge < -0.3 is 20.5 Å². The Balaban J connectivity index is 2.13. The van der Waals surface area contributed by atoms with Crippen LogP contribution in [0.3, 0.4) is 0 Å². The molecule has 7 nitrogen and oxygen atoms in total. The number of nitrogen functional groups attached to an aromatic ring is 1. The fourth-order valence-corrected chi connectivity index (χ4v) is 1.99. The van der Waals surface area contributed by atoms with E-state index in [2.05, 4.69) is 15.0 Å². The molecule has 0 radical (unpaired) electrons. The molecule has 0 spiro atoms. The highest BCUT2D eigenvalue weighted by molar-refractivity contribution is 5.36. The molecule has 7 heteroatoms. The average molecular weight is 267 g/mol. The Kier molecular flexibility index (Phi) is 4.36. The summed E-state index contributed by atoms with van der Waals surface area (Å²) in [5.74, 6) is 0.917. The van der Waals surface area contributed by atoms with E-state index in [1.807, 2.05) is 18.7 Å². The number of aliphatic hydroxyl groups is 1. The monoisotopic (exact) mass is 267 g/mol. The Morgan fingerprint density at radius 3 is 2.89 bits per heavy atom. The number of piperidine rings is 1. The molecule has 2 rings (SSSR count). The minimum absolute atomic E-state index is 0.143. The van der Waals surface area contributed by atoms with E-state index in [0.29, 0.717) is 25.0 Å².